The molecule has 0 aromatic heterocycles. The summed E-state index contributed by atoms with van der Waals surface area (Å²) in [5.41, 5.74) is 2.49. The predicted octanol–water partition coefficient (Wildman–Crippen LogP) is 0.498. The minimum absolute atomic E-state index is 0.352. The molecule has 0 unspecified atom stereocenters. The van der Waals surface area contributed by atoms with E-state index in [2.05, 4.69) is 11.3 Å². The average Bonchev–Trinajstić information content (AvgIpc) is 2.00. The Morgan fingerprint density at radius 2 is 2.27 bits per heavy atom. The lowest BCUT2D eigenvalue weighted by Crippen LogP contribution is -2.01. The quantitative estimate of drug-likeness (QED) is 0.202. The molecule has 0 saturated heterocycles. The van der Waals surface area contributed by atoms with Crippen molar-refractivity contribution in [2.75, 3.05) is 0 Å². The number of esters is 1. The molecule has 0 aromatic carbocycles. The van der Waals surface area contributed by atoms with Crippen molar-refractivity contribution in [2.24, 2.45) is 0 Å². The van der Waals surface area contributed by atoms with Crippen LogP contribution in [-0.2, 0) is 9.53 Å². The highest BCUT2D eigenvalue weighted by atomic mass is 28.1. The third-order valence-corrected chi connectivity index (χ3v) is 1.42. The molecule has 0 amide bonds. The average molecular weight is 168 g/mol. The van der Waals surface area contributed by atoms with Crippen LogP contribution in [0, 0.1) is 0 Å². The minimum atomic E-state index is -0.352. The fraction of sp³-hybridized carbons (Fsp3) is 0.125. The van der Waals surface area contributed by atoms with Crippen LogP contribution >= 0.6 is 0 Å². The molecule has 0 aliphatic rings. The smallest absolute Gasteiger partial charge is 0.342 e. The number of hydrogen-bond acceptors (Lipinski definition) is 2. The van der Waals surface area contributed by atoms with Crippen molar-refractivity contribution in [1.29, 1.82) is 0 Å². The van der Waals surface area contributed by atoms with E-state index in [4.69, 9.17) is 0 Å². The first kappa shape index (κ1) is 9.91. The Labute approximate surface area is 69.7 Å². The molecule has 2 nitrogen and oxygen atoms in total. The van der Waals surface area contributed by atoms with E-state index in [1.165, 1.54) is 0 Å². The van der Waals surface area contributed by atoms with Gasteiger partial charge in [0.05, 0.1) is 11.8 Å². The Morgan fingerprint density at radius 1 is 1.64 bits per heavy atom. The van der Waals surface area contributed by atoms with Gasteiger partial charge in [-0.25, -0.2) is 4.79 Å². The molecular formula is C8H12O2Si. The van der Waals surface area contributed by atoms with Crippen LogP contribution in [0.5, 0.6) is 0 Å². The number of allylic oxidation sites excluding steroid dienone is 1. The van der Waals surface area contributed by atoms with Gasteiger partial charge in [0.25, 0.3) is 0 Å². The van der Waals surface area contributed by atoms with Crippen LogP contribution in [0.3, 0.4) is 0 Å². The summed E-state index contributed by atoms with van der Waals surface area (Å²) in [6.07, 6.45) is 4.59. The third-order valence-electron chi connectivity index (χ3n) is 1.08. The Morgan fingerprint density at radius 3 is 2.64 bits per heavy atom. The van der Waals surface area contributed by atoms with Crippen molar-refractivity contribution < 1.29 is 9.53 Å². The van der Waals surface area contributed by atoms with Gasteiger partial charge in [0.1, 0.15) is 0 Å². The van der Waals surface area contributed by atoms with Crippen LogP contribution in [0.1, 0.15) is 6.92 Å². The molecule has 0 bridgehead atoms. The van der Waals surface area contributed by atoms with E-state index in [1.807, 2.05) is 5.70 Å². The first-order valence-electron chi connectivity index (χ1n) is 3.37. The Hall–Kier alpha value is -1.09. The highest BCUT2D eigenvalue weighted by Gasteiger charge is 2.02. The number of ether oxygens (including phenoxy) is 1. The number of hydrogen-bond donors (Lipinski definition) is 0. The number of carbonyl (C=O) groups excluding carboxylic acids is 1. The molecule has 3 heteroatoms. The van der Waals surface area contributed by atoms with E-state index in [-0.39, 0.29) is 5.97 Å². The second-order valence-electron chi connectivity index (χ2n) is 1.82. The molecule has 0 rings (SSSR count). The van der Waals surface area contributed by atoms with E-state index < -0.39 is 0 Å². The van der Waals surface area contributed by atoms with Crippen LogP contribution < -0.4 is 0 Å². The zero-order valence-electron chi connectivity index (χ0n) is 6.83. The first-order chi connectivity index (χ1) is 5.26. The van der Waals surface area contributed by atoms with Crippen LogP contribution in [0.4, 0.5) is 0 Å². The molecule has 0 heterocycles. The maximum atomic E-state index is 11.0. The normalized spacial score (nSPS) is 11.9. The fourth-order valence-electron chi connectivity index (χ4n) is 0.605. The molecule has 0 aliphatic heterocycles. The Balaban J connectivity index is 4.27. The summed E-state index contributed by atoms with van der Waals surface area (Å²) in [6.45, 7) is 5.08. The first-order valence-corrected chi connectivity index (χ1v) is 4.52. The summed E-state index contributed by atoms with van der Waals surface area (Å²) in [7, 11) is 0.936. The van der Waals surface area contributed by atoms with Gasteiger partial charge in [-0.1, -0.05) is 18.7 Å². The highest BCUT2D eigenvalue weighted by Crippen LogP contribution is 1.99. The van der Waals surface area contributed by atoms with Gasteiger partial charge in [-0.3, -0.25) is 0 Å². The molecule has 60 valence electrons. The molecule has 0 N–H and O–H groups in total. The monoisotopic (exact) mass is 168 g/mol. The van der Waals surface area contributed by atoms with Gasteiger partial charge in [0.2, 0.25) is 0 Å². The SMILES string of the molecule is C=COC(=O)C(C=C[SiH3])=CC. The molecule has 0 spiro atoms. The van der Waals surface area contributed by atoms with Crippen molar-refractivity contribution in [2.45, 2.75) is 6.92 Å². The second kappa shape index (κ2) is 5.67. The largest absolute Gasteiger partial charge is 0.432 e. The van der Waals surface area contributed by atoms with Gasteiger partial charge in [0, 0.05) is 10.2 Å². The third kappa shape index (κ3) is 3.57. The van der Waals surface area contributed by atoms with Gasteiger partial charge in [0.15, 0.2) is 0 Å². The summed E-state index contributed by atoms with van der Waals surface area (Å²) in [5.74, 6) is -0.352. The summed E-state index contributed by atoms with van der Waals surface area (Å²) < 4.78 is 4.57. The van der Waals surface area contributed by atoms with Gasteiger partial charge in [-0.15, -0.1) is 5.70 Å². The van der Waals surface area contributed by atoms with Crippen molar-refractivity contribution >= 4 is 16.2 Å². The summed E-state index contributed by atoms with van der Waals surface area (Å²) >= 11 is 0. The molecule has 0 aliphatic carbocycles. The zero-order valence-corrected chi connectivity index (χ0v) is 8.83. The topological polar surface area (TPSA) is 26.3 Å². The van der Waals surface area contributed by atoms with Gasteiger partial charge in [-0.05, 0) is 6.92 Å². The van der Waals surface area contributed by atoms with E-state index >= 15 is 0 Å². The van der Waals surface area contributed by atoms with Crippen LogP contribution in [0.15, 0.2) is 36.3 Å². The molecule has 0 atom stereocenters. The molecule has 0 saturated carbocycles. The van der Waals surface area contributed by atoms with Gasteiger partial charge in [-0.2, -0.15) is 0 Å². The predicted molar refractivity (Wildman–Crippen MR) is 49.1 cm³/mol. The van der Waals surface area contributed by atoms with Crippen LogP contribution in [-0.4, -0.2) is 16.2 Å². The number of carbonyl (C=O) groups is 1. The summed E-state index contributed by atoms with van der Waals surface area (Å²) in [6, 6.07) is 0. The second-order valence-corrected chi connectivity index (χ2v) is 2.48. The van der Waals surface area contributed by atoms with E-state index in [9.17, 15) is 4.79 Å². The number of rotatable bonds is 3. The lowest BCUT2D eigenvalue weighted by molar-refractivity contribution is -0.133. The molecule has 0 radical (unpaired) electrons. The maximum Gasteiger partial charge on any atom is 0.342 e. The lowest BCUT2D eigenvalue weighted by Gasteiger charge is -1.96. The van der Waals surface area contributed by atoms with E-state index in [1.54, 1.807) is 19.1 Å². The van der Waals surface area contributed by atoms with Gasteiger partial charge >= 0.3 is 5.97 Å². The Bertz CT molecular complexity index is 204. The molecular weight excluding hydrogens is 156 g/mol. The van der Waals surface area contributed by atoms with Crippen molar-refractivity contribution in [3.63, 3.8) is 0 Å². The molecule has 11 heavy (non-hydrogen) atoms. The standard InChI is InChI=1S/C8H12O2Si/c1-3-7(5-6-11)8(9)10-4-2/h3-6H,2H2,1,11H3. The van der Waals surface area contributed by atoms with Crippen LogP contribution in [0.2, 0.25) is 0 Å². The zero-order chi connectivity index (χ0) is 8.69. The van der Waals surface area contributed by atoms with Crippen molar-refractivity contribution in [3.8, 4) is 0 Å². The highest BCUT2D eigenvalue weighted by molar-refractivity contribution is 6.17. The maximum absolute atomic E-state index is 11.0. The van der Waals surface area contributed by atoms with E-state index in [0.717, 1.165) is 16.5 Å². The summed E-state index contributed by atoms with van der Waals surface area (Å²) in [4.78, 5) is 11.0. The molecule has 0 fully saturated rings. The lowest BCUT2D eigenvalue weighted by atomic mass is 10.2. The van der Waals surface area contributed by atoms with Crippen molar-refractivity contribution in [3.05, 3.63) is 36.3 Å². The van der Waals surface area contributed by atoms with Crippen molar-refractivity contribution in [1.82, 2.24) is 0 Å². The van der Waals surface area contributed by atoms with Crippen LogP contribution in [0.25, 0.3) is 0 Å². The fourth-order valence-corrected chi connectivity index (χ4v) is 0.965. The molecule has 0 aromatic rings. The van der Waals surface area contributed by atoms with E-state index in [0.29, 0.717) is 5.57 Å². The van der Waals surface area contributed by atoms with Gasteiger partial charge < -0.3 is 4.74 Å². The summed E-state index contributed by atoms with van der Waals surface area (Å²) in [5, 5.41) is 0. The Kier molecular flexibility index (Phi) is 5.11. The minimum Gasteiger partial charge on any atom is -0.432 e.